The molecule has 2 heterocycles. The Morgan fingerprint density at radius 1 is 1.40 bits per heavy atom. The molecule has 7 nitrogen and oxygen atoms in total. The van der Waals surface area contributed by atoms with Gasteiger partial charge >= 0.3 is 0 Å². The number of carbonyl (C=O) groups is 1. The number of hydrogen-bond acceptors (Lipinski definition) is 6. The number of halogens is 1. The summed E-state index contributed by atoms with van der Waals surface area (Å²) in [5.74, 6) is 1.85. The van der Waals surface area contributed by atoms with Crippen LogP contribution in [0.1, 0.15) is 25.2 Å². The Bertz CT molecular complexity index is 689. The van der Waals surface area contributed by atoms with Crippen molar-refractivity contribution in [1.82, 2.24) is 15.0 Å². The molecule has 0 bridgehead atoms. The summed E-state index contributed by atoms with van der Waals surface area (Å²) < 4.78 is 10.4. The van der Waals surface area contributed by atoms with Crippen molar-refractivity contribution in [3.63, 3.8) is 0 Å². The number of ether oxygens (including phenoxy) is 1. The molecule has 1 aliphatic rings. The average Bonchev–Trinajstić information content (AvgIpc) is 3.09. The zero-order valence-electron chi connectivity index (χ0n) is 14.2. The normalized spacial score (nSPS) is 17.0. The van der Waals surface area contributed by atoms with Crippen molar-refractivity contribution >= 4 is 18.3 Å². The van der Waals surface area contributed by atoms with Gasteiger partial charge in [0.15, 0.2) is 0 Å². The first-order valence-corrected chi connectivity index (χ1v) is 8.16. The van der Waals surface area contributed by atoms with E-state index in [9.17, 15) is 4.79 Å². The highest BCUT2D eigenvalue weighted by molar-refractivity contribution is 5.85. The van der Waals surface area contributed by atoms with Gasteiger partial charge in [-0.3, -0.25) is 4.79 Å². The van der Waals surface area contributed by atoms with E-state index in [0.29, 0.717) is 31.1 Å². The minimum absolute atomic E-state index is 0. The fraction of sp³-hybridized carbons (Fsp3) is 0.471. The summed E-state index contributed by atoms with van der Waals surface area (Å²) in [6, 6.07) is 7.51. The molecule has 2 N–H and O–H groups in total. The summed E-state index contributed by atoms with van der Waals surface area (Å²) in [6.07, 6.45) is 2.75. The minimum atomic E-state index is 0. The Labute approximate surface area is 152 Å². The molecule has 1 saturated heterocycles. The molecular weight excluding hydrogens is 344 g/mol. The van der Waals surface area contributed by atoms with Gasteiger partial charge in [0, 0.05) is 37.5 Å². The molecule has 0 aliphatic carbocycles. The second kappa shape index (κ2) is 8.82. The van der Waals surface area contributed by atoms with Crippen LogP contribution >= 0.6 is 12.4 Å². The van der Waals surface area contributed by atoms with E-state index >= 15 is 0 Å². The summed E-state index contributed by atoms with van der Waals surface area (Å²) in [6.45, 7) is 1.42. The largest absolute Gasteiger partial charge is 0.497 e. The van der Waals surface area contributed by atoms with Crippen molar-refractivity contribution < 1.29 is 14.1 Å². The molecule has 3 rings (SSSR count). The van der Waals surface area contributed by atoms with Gasteiger partial charge in [0.25, 0.3) is 0 Å². The van der Waals surface area contributed by atoms with Gasteiger partial charge < -0.3 is 19.9 Å². The zero-order chi connectivity index (χ0) is 16.9. The average molecular weight is 367 g/mol. The predicted molar refractivity (Wildman–Crippen MR) is 95.6 cm³/mol. The Hall–Kier alpha value is -2.12. The number of nitrogens with zero attached hydrogens (tertiary/aromatic N) is 3. The van der Waals surface area contributed by atoms with Gasteiger partial charge in [-0.25, -0.2) is 0 Å². The number of aromatic nitrogens is 2. The number of carbonyl (C=O) groups excluding carboxylic acids is 1. The third-order valence-corrected chi connectivity index (χ3v) is 4.18. The van der Waals surface area contributed by atoms with Crippen LogP contribution in [-0.2, 0) is 11.2 Å². The lowest BCUT2D eigenvalue weighted by molar-refractivity contribution is -0.132. The van der Waals surface area contributed by atoms with E-state index in [0.717, 1.165) is 30.7 Å². The number of hydrogen-bond donors (Lipinski definition) is 1. The number of amides is 1. The molecule has 136 valence electrons. The number of methoxy groups -OCH3 is 1. The maximum absolute atomic E-state index is 12.2. The number of benzene rings is 1. The summed E-state index contributed by atoms with van der Waals surface area (Å²) in [7, 11) is 1.62. The van der Waals surface area contributed by atoms with Gasteiger partial charge in [0.05, 0.1) is 7.11 Å². The van der Waals surface area contributed by atoms with Gasteiger partial charge in [0.2, 0.25) is 17.6 Å². The highest BCUT2D eigenvalue weighted by atomic mass is 35.5. The summed E-state index contributed by atoms with van der Waals surface area (Å²) in [5.41, 5.74) is 6.76. The van der Waals surface area contributed by atoms with Crippen molar-refractivity contribution in [1.29, 1.82) is 0 Å². The Morgan fingerprint density at radius 2 is 2.16 bits per heavy atom. The molecule has 25 heavy (non-hydrogen) atoms. The molecule has 1 aromatic carbocycles. The quantitative estimate of drug-likeness (QED) is 0.870. The van der Waals surface area contributed by atoms with Crippen molar-refractivity contribution in [2.45, 2.75) is 31.7 Å². The summed E-state index contributed by atoms with van der Waals surface area (Å²) >= 11 is 0. The van der Waals surface area contributed by atoms with Gasteiger partial charge in [-0.1, -0.05) is 5.16 Å². The summed E-state index contributed by atoms with van der Waals surface area (Å²) in [4.78, 5) is 18.4. The third kappa shape index (κ3) is 4.93. The van der Waals surface area contributed by atoms with Crippen LogP contribution in [0.3, 0.4) is 0 Å². The van der Waals surface area contributed by atoms with E-state index in [4.69, 9.17) is 15.0 Å². The molecule has 1 aliphatic heterocycles. The number of piperidine rings is 1. The second-order valence-electron chi connectivity index (χ2n) is 5.98. The molecule has 1 unspecified atom stereocenters. The fourth-order valence-electron chi connectivity index (χ4n) is 2.82. The monoisotopic (exact) mass is 366 g/mol. The van der Waals surface area contributed by atoms with Crippen molar-refractivity contribution in [2.75, 3.05) is 20.2 Å². The van der Waals surface area contributed by atoms with Gasteiger partial charge in [-0.2, -0.15) is 4.98 Å². The lowest BCUT2D eigenvalue weighted by atomic mass is 10.1. The number of rotatable bonds is 5. The molecule has 8 heteroatoms. The molecule has 1 atom stereocenters. The van der Waals surface area contributed by atoms with E-state index < -0.39 is 0 Å². The van der Waals surface area contributed by atoms with Crippen LogP contribution in [-0.4, -0.2) is 47.2 Å². The van der Waals surface area contributed by atoms with Crippen LogP contribution in [0.2, 0.25) is 0 Å². The van der Waals surface area contributed by atoms with Crippen molar-refractivity contribution in [2.24, 2.45) is 5.73 Å². The molecule has 0 radical (unpaired) electrons. The lowest BCUT2D eigenvalue weighted by Crippen LogP contribution is -2.45. The predicted octanol–water partition coefficient (Wildman–Crippen LogP) is 2.05. The lowest BCUT2D eigenvalue weighted by Gasteiger charge is -2.30. The molecule has 1 aromatic heterocycles. The molecular formula is C17H23ClN4O3. The first-order valence-electron chi connectivity index (χ1n) is 8.16. The Kier molecular flexibility index (Phi) is 6.78. The maximum Gasteiger partial charge on any atom is 0.227 e. The van der Waals surface area contributed by atoms with E-state index in [1.165, 1.54) is 0 Å². The van der Waals surface area contributed by atoms with Crippen molar-refractivity contribution in [3.8, 4) is 17.1 Å². The van der Waals surface area contributed by atoms with Gasteiger partial charge in [0.1, 0.15) is 5.75 Å². The summed E-state index contributed by atoms with van der Waals surface area (Å²) in [5, 5.41) is 3.97. The molecule has 0 saturated carbocycles. The van der Waals surface area contributed by atoms with E-state index in [1.807, 2.05) is 29.2 Å². The fourth-order valence-corrected chi connectivity index (χ4v) is 2.82. The van der Waals surface area contributed by atoms with Crippen LogP contribution in [0.25, 0.3) is 11.4 Å². The zero-order valence-corrected chi connectivity index (χ0v) is 15.0. The second-order valence-corrected chi connectivity index (χ2v) is 5.98. The first kappa shape index (κ1) is 19.2. The van der Waals surface area contributed by atoms with Gasteiger partial charge in [-0.05, 0) is 37.1 Å². The van der Waals surface area contributed by atoms with Crippen LogP contribution in [0.5, 0.6) is 5.75 Å². The SMILES string of the molecule is COc1ccc(-c2noc(CCC(=O)N3CCCC(N)C3)n2)cc1.Cl. The minimum Gasteiger partial charge on any atom is -0.497 e. The smallest absolute Gasteiger partial charge is 0.227 e. The topological polar surface area (TPSA) is 94.5 Å². The van der Waals surface area contributed by atoms with E-state index in [2.05, 4.69) is 10.1 Å². The number of nitrogens with two attached hydrogens (primary N) is 1. The van der Waals surface area contributed by atoms with Crippen LogP contribution < -0.4 is 10.5 Å². The number of likely N-dealkylation sites (tertiary alicyclic amines) is 1. The Balaban J connectivity index is 0.00000225. The first-order chi connectivity index (χ1) is 11.7. The van der Waals surface area contributed by atoms with E-state index in [1.54, 1.807) is 7.11 Å². The van der Waals surface area contributed by atoms with Gasteiger partial charge in [-0.15, -0.1) is 12.4 Å². The standard InChI is InChI=1S/C17H22N4O3.ClH/c1-23-14-6-4-12(5-7-14)17-19-15(24-20-17)8-9-16(22)21-10-2-3-13(18)11-21;/h4-7,13H,2-3,8-11,18H2,1H3;1H. The maximum atomic E-state index is 12.2. The third-order valence-electron chi connectivity index (χ3n) is 4.18. The van der Waals surface area contributed by atoms with E-state index in [-0.39, 0.29) is 24.4 Å². The van der Waals surface area contributed by atoms with Crippen LogP contribution in [0, 0.1) is 0 Å². The highest BCUT2D eigenvalue weighted by Crippen LogP contribution is 2.20. The van der Waals surface area contributed by atoms with Crippen LogP contribution in [0.4, 0.5) is 0 Å². The van der Waals surface area contributed by atoms with Crippen molar-refractivity contribution in [3.05, 3.63) is 30.2 Å². The highest BCUT2D eigenvalue weighted by Gasteiger charge is 2.21. The molecule has 1 amide bonds. The van der Waals surface area contributed by atoms with Crippen LogP contribution in [0.15, 0.2) is 28.8 Å². The molecule has 0 spiro atoms. The molecule has 1 fully saturated rings. The molecule has 2 aromatic rings. The number of aryl methyl sites for hydroxylation is 1. The Morgan fingerprint density at radius 3 is 2.84 bits per heavy atom.